The lowest BCUT2D eigenvalue weighted by molar-refractivity contribution is -0.142. The predicted molar refractivity (Wildman–Crippen MR) is 87.7 cm³/mol. The largest absolute Gasteiger partial charge is 0.481 e. The van der Waals surface area contributed by atoms with Gasteiger partial charge in [0.2, 0.25) is 5.91 Å². The number of nitrogens with zero attached hydrogens (tertiary/aromatic N) is 2. The summed E-state index contributed by atoms with van der Waals surface area (Å²) in [6, 6.07) is 9.73. The molecule has 1 aromatic rings. The average molecular weight is 317 g/mol. The van der Waals surface area contributed by atoms with E-state index < -0.39 is 17.1 Å². The van der Waals surface area contributed by atoms with Gasteiger partial charge in [-0.25, -0.2) is 0 Å². The number of benzene rings is 1. The molecule has 1 saturated heterocycles. The number of rotatable bonds is 5. The SMILES string of the molecule is C[C@H](C(=O)O)[C@@H]1S\C(=N/N=C\C=C\c2ccccc2)NC1=O. The van der Waals surface area contributed by atoms with Gasteiger partial charge >= 0.3 is 5.97 Å². The molecule has 22 heavy (non-hydrogen) atoms. The minimum Gasteiger partial charge on any atom is -0.481 e. The van der Waals surface area contributed by atoms with Crippen molar-refractivity contribution in [2.24, 2.45) is 16.1 Å². The number of amides is 1. The Labute approximate surface area is 132 Å². The molecule has 0 aromatic heterocycles. The molecule has 1 aliphatic rings. The van der Waals surface area contributed by atoms with E-state index in [0.29, 0.717) is 5.17 Å². The van der Waals surface area contributed by atoms with Crippen LogP contribution in [0.2, 0.25) is 0 Å². The van der Waals surface area contributed by atoms with Crippen LogP contribution in [0.25, 0.3) is 6.08 Å². The highest BCUT2D eigenvalue weighted by molar-refractivity contribution is 8.15. The van der Waals surface area contributed by atoms with Gasteiger partial charge in [-0.1, -0.05) is 55.1 Å². The van der Waals surface area contributed by atoms with Crippen LogP contribution in [0.15, 0.2) is 46.6 Å². The molecule has 1 fully saturated rings. The summed E-state index contributed by atoms with van der Waals surface area (Å²) < 4.78 is 0. The smallest absolute Gasteiger partial charge is 0.307 e. The fourth-order valence-corrected chi connectivity index (χ4v) is 2.71. The Morgan fingerprint density at radius 2 is 2.14 bits per heavy atom. The molecule has 2 N–H and O–H groups in total. The van der Waals surface area contributed by atoms with Gasteiger partial charge in [-0.05, 0) is 11.6 Å². The second-order valence-electron chi connectivity index (χ2n) is 4.59. The first kappa shape index (κ1) is 16.0. The maximum atomic E-state index is 11.7. The Morgan fingerprint density at radius 3 is 2.82 bits per heavy atom. The zero-order valence-electron chi connectivity index (χ0n) is 11.8. The molecule has 0 unspecified atom stereocenters. The van der Waals surface area contributed by atoms with E-state index in [1.807, 2.05) is 36.4 Å². The van der Waals surface area contributed by atoms with Crippen LogP contribution < -0.4 is 5.32 Å². The van der Waals surface area contributed by atoms with E-state index in [9.17, 15) is 9.59 Å². The number of carbonyl (C=O) groups excluding carboxylic acids is 1. The third-order valence-electron chi connectivity index (χ3n) is 2.96. The van der Waals surface area contributed by atoms with Crippen molar-refractivity contribution in [2.45, 2.75) is 12.2 Å². The highest BCUT2D eigenvalue weighted by atomic mass is 32.2. The molecule has 2 rings (SSSR count). The lowest BCUT2D eigenvalue weighted by Gasteiger charge is -2.08. The van der Waals surface area contributed by atoms with Gasteiger partial charge in [0.1, 0.15) is 5.25 Å². The van der Waals surface area contributed by atoms with Gasteiger partial charge in [-0.3, -0.25) is 9.59 Å². The maximum absolute atomic E-state index is 11.7. The first-order valence-corrected chi connectivity index (χ1v) is 7.49. The number of carboxylic acid groups (broad SMARTS) is 1. The van der Waals surface area contributed by atoms with Crippen molar-refractivity contribution in [3.8, 4) is 0 Å². The van der Waals surface area contributed by atoms with Crippen LogP contribution >= 0.6 is 11.8 Å². The molecule has 0 bridgehead atoms. The van der Waals surface area contributed by atoms with Crippen LogP contribution in [-0.4, -0.2) is 33.6 Å². The molecule has 1 aliphatic heterocycles. The van der Waals surface area contributed by atoms with Crippen LogP contribution in [-0.2, 0) is 9.59 Å². The molecule has 0 spiro atoms. The van der Waals surface area contributed by atoms with Gasteiger partial charge in [0.25, 0.3) is 0 Å². The molecule has 0 saturated carbocycles. The van der Waals surface area contributed by atoms with Crippen LogP contribution in [0, 0.1) is 5.92 Å². The zero-order valence-corrected chi connectivity index (χ0v) is 12.7. The van der Waals surface area contributed by atoms with Gasteiger partial charge in [0.05, 0.1) is 5.92 Å². The molecular formula is C15H15N3O3S. The van der Waals surface area contributed by atoms with Crippen molar-refractivity contribution in [3.05, 3.63) is 42.0 Å². The molecule has 114 valence electrons. The molecule has 2 atom stereocenters. The fraction of sp³-hybridized carbons (Fsp3) is 0.200. The summed E-state index contributed by atoms with van der Waals surface area (Å²) in [6.07, 6.45) is 5.11. The number of carbonyl (C=O) groups is 2. The van der Waals surface area contributed by atoms with E-state index in [-0.39, 0.29) is 5.91 Å². The minimum absolute atomic E-state index is 0.312. The first-order chi connectivity index (χ1) is 10.6. The second kappa shape index (κ2) is 7.56. The van der Waals surface area contributed by atoms with Crippen LogP contribution in [0.3, 0.4) is 0 Å². The number of amidine groups is 1. The third kappa shape index (κ3) is 4.29. The second-order valence-corrected chi connectivity index (χ2v) is 5.72. The molecule has 1 heterocycles. The van der Waals surface area contributed by atoms with E-state index in [0.717, 1.165) is 17.3 Å². The number of aliphatic carboxylic acids is 1. The Kier molecular flexibility index (Phi) is 5.48. The van der Waals surface area contributed by atoms with Crippen LogP contribution in [0.5, 0.6) is 0 Å². The Hall–Kier alpha value is -2.41. The molecule has 7 heteroatoms. The fourth-order valence-electron chi connectivity index (χ4n) is 1.73. The monoisotopic (exact) mass is 317 g/mol. The molecule has 0 radical (unpaired) electrons. The highest BCUT2D eigenvalue weighted by Gasteiger charge is 2.38. The summed E-state index contributed by atoms with van der Waals surface area (Å²) in [5.41, 5.74) is 1.04. The number of carboxylic acids is 1. The number of allylic oxidation sites excluding steroid dienone is 1. The van der Waals surface area contributed by atoms with Gasteiger partial charge in [0, 0.05) is 6.21 Å². The van der Waals surface area contributed by atoms with Gasteiger partial charge in [-0.15, -0.1) is 5.10 Å². The van der Waals surface area contributed by atoms with E-state index in [4.69, 9.17) is 5.11 Å². The number of hydrogen-bond donors (Lipinski definition) is 2. The quantitative estimate of drug-likeness (QED) is 0.642. The first-order valence-electron chi connectivity index (χ1n) is 6.61. The van der Waals surface area contributed by atoms with Crippen molar-refractivity contribution >= 4 is 41.1 Å². The third-order valence-corrected chi connectivity index (χ3v) is 4.24. The summed E-state index contributed by atoms with van der Waals surface area (Å²) in [5, 5.41) is 18.8. The number of thioether (sulfide) groups is 1. The molecule has 1 aromatic carbocycles. The van der Waals surface area contributed by atoms with E-state index in [2.05, 4.69) is 15.5 Å². The van der Waals surface area contributed by atoms with Crippen LogP contribution in [0.1, 0.15) is 12.5 Å². The van der Waals surface area contributed by atoms with Gasteiger partial charge in [-0.2, -0.15) is 5.10 Å². The summed E-state index contributed by atoms with van der Waals surface area (Å²) in [7, 11) is 0. The predicted octanol–water partition coefficient (Wildman–Crippen LogP) is 1.99. The van der Waals surface area contributed by atoms with E-state index >= 15 is 0 Å². The maximum Gasteiger partial charge on any atom is 0.307 e. The summed E-state index contributed by atoms with van der Waals surface area (Å²) in [5.74, 6) is -2.14. The molecular weight excluding hydrogens is 302 g/mol. The summed E-state index contributed by atoms with van der Waals surface area (Å²) >= 11 is 1.08. The van der Waals surface area contributed by atoms with Gasteiger partial charge < -0.3 is 10.4 Å². The normalized spacial score (nSPS) is 21.6. The van der Waals surface area contributed by atoms with Gasteiger partial charge in [0.15, 0.2) is 5.17 Å². The Balaban J connectivity index is 1.92. The number of nitrogens with one attached hydrogen (secondary N) is 1. The Bertz CT molecular complexity index is 641. The Morgan fingerprint density at radius 1 is 1.41 bits per heavy atom. The van der Waals surface area contributed by atoms with E-state index in [1.54, 1.807) is 6.08 Å². The van der Waals surface area contributed by atoms with Crippen molar-refractivity contribution in [1.29, 1.82) is 0 Å². The van der Waals surface area contributed by atoms with Crippen molar-refractivity contribution in [1.82, 2.24) is 5.32 Å². The number of hydrogen-bond acceptors (Lipinski definition) is 5. The van der Waals surface area contributed by atoms with Crippen molar-refractivity contribution in [2.75, 3.05) is 0 Å². The molecule has 6 nitrogen and oxygen atoms in total. The lowest BCUT2D eigenvalue weighted by atomic mass is 10.1. The minimum atomic E-state index is -1.01. The molecule has 0 aliphatic carbocycles. The van der Waals surface area contributed by atoms with Crippen LogP contribution in [0.4, 0.5) is 0 Å². The van der Waals surface area contributed by atoms with E-state index in [1.165, 1.54) is 13.1 Å². The summed E-state index contributed by atoms with van der Waals surface area (Å²) in [4.78, 5) is 22.6. The average Bonchev–Trinajstić information content (AvgIpc) is 2.88. The lowest BCUT2D eigenvalue weighted by Crippen LogP contribution is -2.32. The highest BCUT2D eigenvalue weighted by Crippen LogP contribution is 2.26. The standard InChI is InChI=1S/C15H15N3O3S/c1-10(14(20)21)12-13(19)17-15(22-12)18-16-9-5-8-11-6-3-2-4-7-11/h2-10,12H,1H3,(H,20,21)(H,17,18,19)/b8-5+,16-9-/t10-,12-/m0/s1. The topological polar surface area (TPSA) is 91.1 Å². The summed E-state index contributed by atoms with van der Waals surface area (Å²) in [6.45, 7) is 1.49. The molecule has 1 amide bonds. The van der Waals surface area contributed by atoms with Crippen molar-refractivity contribution in [3.63, 3.8) is 0 Å². The zero-order chi connectivity index (χ0) is 15.9. The van der Waals surface area contributed by atoms with Crippen molar-refractivity contribution < 1.29 is 14.7 Å².